The molecule has 0 radical (unpaired) electrons. The first-order valence-corrected chi connectivity index (χ1v) is 20.6. The minimum Gasteiger partial charge on any atom is -0.449 e. The minimum atomic E-state index is -3.88. The van der Waals surface area contributed by atoms with Crippen LogP contribution >= 0.6 is 0 Å². The van der Waals surface area contributed by atoms with E-state index in [0.717, 1.165) is 36.8 Å². The van der Waals surface area contributed by atoms with Crippen LogP contribution in [0.1, 0.15) is 110 Å². The van der Waals surface area contributed by atoms with Crippen molar-refractivity contribution in [2.75, 3.05) is 13.2 Å². The second kappa shape index (κ2) is 14.4. The third-order valence-electron chi connectivity index (χ3n) is 11.5. The summed E-state index contributed by atoms with van der Waals surface area (Å²) in [6.07, 6.45) is 2.94. The standard InChI is InChI=1S/C38H55N5O9S/c1-7-25-18-38(25,33(46)41-53(49,50)27-14-15-27)40-31(44)29-17-26-20-43(29)32(45)30(36(2,3)4)39-34(47)51-22-37(5,6)16-9-8-11-23-12-10-13-24-19-42(21-28(23)24)35(48)52-26/h10,12-13,25-27,29-30H,7-9,11,14-22H2,1-6H3,(H,39,47)(H,40,44)(H,41,46)/t25-,26-,29-,30+,38+/m1/s1. The zero-order valence-corrected chi connectivity index (χ0v) is 32.6. The van der Waals surface area contributed by atoms with Gasteiger partial charge in [0.1, 0.15) is 23.7 Å². The fraction of sp³-hybridized carbons (Fsp3) is 0.711. The normalized spacial score (nSPS) is 29.4. The largest absolute Gasteiger partial charge is 0.449 e. The van der Waals surface area contributed by atoms with Crippen LogP contribution in [0.2, 0.25) is 0 Å². The number of ether oxygens (including phenoxy) is 2. The van der Waals surface area contributed by atoms with Gasteiger partial charge in [-0.25, -0.2) is 18.0 Å². The van der Waals surface area contributed by atoms with Gasteiger partial charge in [0.2, 0.25) is 21.8 Å². The molecule has 3 fully saturated rings. The van der Waals surface area contributed by atoms with Crippen LogP contribution in [-0.4, -0.2) is 90.3 Å². The SMILES string of the molecule is CC[C@@H]1C[C@@]1(NC(=O)[C@H]1C[C@@H]2CN1C(=O)[C@@H](C(C)(C)C)NC(=O)OCC(C)(C)CCCCc1cccc3c1CN(C3)C(=O)O2)C(=O)NS(=O)(=O)C1CC1. The first-order valence-electron chi connectivity index (χ1n) is 19.0. The summed E-state index contributed by atoms with van der Waals surface area (Å²) in [7, 11) is -3.88. The van der Waals surface area contributed by atoms with E-state index in [0.29, 0.717) is 32.4 Å². The molecule has 3 aliphatic heterocycles. The fourth-order valence-corrected chi connectivity index (χ4v) is 9.33. The number of alkyl carbamates (subject to hydrolysis) is 1. The molecule has 292 valence electrons. The Morgan fingerprint density at radius 2 is 1.77 bits per heavy atom. The molecule has 4 bridgehead atoms. The second-order valence-electron chi connectivity index (χ2n) is 17.5. The van der Waals surface area contributed by atoms with Crippen molar-refractivity contribution < 1.29 is 41.9 Å². The van der Waals surface area contributed by atoms with Crippen molar-refractivity contribution in [2.24, 2.45) is 16.7 Å². The van der Waals surface area contributed by atoms with Crippen molar-refractivity contribution in [1.82, 2.24) is 25.2 Å². The first-order chi connectivity index (χ1) is 24.8. The van der Waals surface area contributed by atoms with Crippen molar-refractivity contribution in [3.05, 3.63) is 34.9 Å². The number of fused-ring (bicyclic) bond motifs is 3. The molecule has 53 heavy (non-hydrogen) atoms. The predicted octanol–water partition coefficient (Wildman–Crippen LogP) is 3.90. The van der Waals surface area contributed by atoms with Crippen LogP contribution in [0.4, 0.5) is 9.59 Å². The van der Waals surface area contributed by atoms with Crippen molar-refractivity contribution in [3.8, 4) is 0 Å². The highest BCUT2D eigenvalue weighted by atomic mass is 32.2. The van der Waals surface area contributed by atoms with Crippen LogP contribution in [0.5, 0.6) is 0 Å². The molecule has 5 amide bonds. The maximum atomic E-state index is 14.5. The minimum absolute atomic E-state index is 0.0558. The van der Waals surface area contributed by atoms with Gasteiger partial charge in [-0.15, -0.1) is 0 Å². The fourth-order valence-electron chi connectivity index (χ4n) is 7.97. The molecule has 0 spiro atoms. The maximum absolute atomic E-state index is 14.5. The number of cyclic esters (lactones) is 1. The van der Waals surface area contributed by atoms with Gasteiger partial charge in [-0.2, -0.15) is 0 Å². The number of carbonyl (C=O) groups is 5. The zero-order valence-electron chi connectivity index (χ0n) is 31.8. The molecule has 5 atom stereocenters. The number of nitrogens with one attached hydrogen (secondary N) is 3. The van der Waals surface area contributed by atoms with E-state index >= 15 is 0 Å². The molecule has 5 aliphatic rings. The van der Waals surface area contributed by atoms with E-state index < -0.39 is 74.3 Å². The number of carbonyl (C=O) groups excluding carboxylic acids is 5. The van der Waals surface area contributed by atoms with Gasteiger partial charge in [-0.1, -0.05) is 72.6 Å². The van der Waals surface area contributed by atoms with Gasteiger partial charge in [-0.05, 0) is 72.0 Å². The van der Waals surface area contributed by atoms with Crippen LogP contribution in [0, 0.1) is 16.7 Å². The Bertz CT molecular complexity index is 1750. The van der Waals surface area contributed by atoms with E-state index in [2.05, 4.69) is 21.4 Å². The monoisotopic (exact) mass is 757 g/mol. The third-order valence-corrected chi connectivity index (χ3v) is 13.3. The molecule has 2 aliphatic carbocycles. The second-order valence-corrected chi connectivity index (χ2v) is 19.5. The van der Waals surface area contributed by atoms with Crippen LogP contribution in [0.15, 0.2) is 18.2 Å². The lowest BCUT2D eigenvalue weighted by Gasteiger charge is -2.35. The Hall–Kier alpha value is -3.88. The van der Waals surface area contributed by atoms with Gasteiger partial charge in [-0.3, -0.25) is 24.0 Å². The van der Waals surface area contributed by atoms with Crippen LogP contribution < -0.4 is 15.4 Å². The van der Waals surface area contributed by atoms with E-state index in [1.54, 1.807) is 25.7 Å². The summed E-state index contributed by atoms with van der Waals surface area (Å²) in [6.45, 7) is 12.1. The number of hydrogen-bond acceptors (Lipinski definition) is 9. The number of nitrogens with zero attached hydrogens (tertiary/aromatic N) is 2. The van der Waals surface area contributed by atoms with Crippen LogP contribution in [-0.2, 0) is 53.4 Å². The maximum Gasteiger partial charge on any atom is 0.410 e. The van der Waals surface area contributed by atoms with Gasteiger partial charge in [0.05, 0.1) is 18.4 Å². The Kier molecular flexibility index (Phi) is 10.6. The molecule has 15 heteroatoms. The average Bonchev–Trinajstić information content (AvgIpc) is 3.97. The molecule has 2 saturated carbocycles. The van der Waals surface area contributed by atoms with E-state index in [1.807, 2.05) is 32.9 Å². The molecule has 0 unspecified atom stereocenters. The van der Waals surface area contributed by atoms with E-state index in [4.69, 9.17) is 9.47 Å². The van der Waals surface area contributed by atoms with Crippen LogP contribution in [0.3, 0.4) is 0 Å². The number of amides is 5. The number of aryl methyl sites for hydroxylation is 1. The Morgan fingerprint density at radius 1 is 1.06 bits per heavy atom. The van der Waals surface area contributed by atoms with E-state index in [1.165, 1.54) is 10.5 Å². The lowest BCUT2D eigenvalue weighted by atomic mass is 9.85. The summed E-state index contributed by atoms with van der Waals surface area (Å²) in [5, 5.41) is 4.95. The van der Waals surface area contributed by atoms with Gasteiger partial charge in [0.15, 0.2) is 0 Å². The molecule has 14 nitrogen and oxygen atoms in total. The van der Waals surface area contributed by atoms with E-state index in [-0.39, 0.29) is 37.3 Å². The van der Waals surface area contributed by atoms with Crippen molar-refractivity contribution in [1.29, 1.82) is 0 Å². The third kappa shape index (κ3) is 8.44. The van der Waals surface area contributed by atoms with Crippen molar-refractivity contribution in [2.45, 2.75) is 141 Å². The highest BCUT2D eigenvalue weighted by Gasteiger charge is 2.62. The summed E-state index contributed by atoms with van der Waals surface area (Å²) >= 11 is 0. The van der Waals surface area contributed by atoms with Crippen molar-refractivity contribution in [3.63, 3.8) is 0 Å². The average molecular weight is 758 g/mol. The van der Waals surface area contributed by atoms with Crippen LogP contribution in [0.25, 0.3) is 0 Å². The predicted molar refractivity (Wildman–Crippen MR) is 194 cm³/mol. The van der Waals surface area contributed by atoms with Gasteiger partial charge in [0.25, 0.3) is 5.91 Å². The van der Waals surface area contributed by atoms with E-state index in [9.17, 15) is 32.4 Å². The number of hydrogen-bond donors (Lipinski definition) is 3. The van der Waals surface area contributed by atoms with Gasteiger partial charge < -0.3 is 25.0 Å². The molecular weight excluding hydrogens is 703 g/mol. The summed E-state index contributed by atoms with van der Waals surface area (Å²) in [5.74, 6) is -2.33. The molecule has 3 N–H and O–H groups in total. The number of sulfonamides is 1. The van der Waals surface area contributed by atoms with Crippen molar-refractivity contribution >= 4 is 39.9 Å². The highest BCUT2D eigenvalue weighted by molar-refractivity contribution is 7.91. The summed E-state index contributed by atoms with van der Waals surface area (Å²) in [5.41, 5.74) is 0.742. The first kappa shape index (κ1) is 38.8. The topological polar surface area (TPSA) is 181 Å². The highest BCUT2D eigenvalue weighted by Crippen LogP contribution is 2.47. The molecule has 3 heterocycles. The number of benzene rings is 1. The quantitative estimate of drug-likeness (QED) is 0.388. The molecule has 0 aromatic heterocycles. The molecule has 1 aromatic carbocycles. The summed E-state index contributed by atoms with van der Waals surface area (Å²) in [4.78, 5) is 72.1. The summed E-state index contributed by atoms with van der Waals surface area (Å²) in [6, 6.07) is 3.80. The zero-order chi connectivity index (χ0) is 38.5. The molecular formula is C38H55N5O9S. The van der Waals surface area contributed by atoms with Gasteiger partial charge >= 0.3 is 12.2 Å². The lowest BCUT2D eigenvalue weighted by molar-refractivity contribution is -0.143. The Morgan fingerprint density at radius 3 is 2.43 bits per heavy atom. The molecule has 1 saturated heterocycles. The Balaban J connectivity index is 1.28. The van der Waals surface area contributed by atoms with Gasteiger partial charge in [0, 0.05) is 19.5 Å². The Labute approximate surface area is 312 Å². The molecule has 6 rings (SSSR count). The summed E-state index contributed by atoms with van der Waals surface area (Å²) < 4.78 is 39.3. The number of rotatable bonds is 6. The lowest BCUT2D eigenvalue weighted by Crippen LogP contribution is -2.60. The molecule has 1 aromatic rings. The smallest absolute Gasteiger partial charge is 0.410 e.